The van der Waals surface area contributed by atoms with Crippen molar-refractivity contribution in [3.8, 4) is 22.6 Å². The highest BCUT2D eigenvalue weighted by Crippen LogP contribution is 2.51. The molecule has 1 fully saturated rings. The zero-order valence-corrected chi connectivity index (χ0v) is 23.0. The van der Waals surface area contributed by atoms with Crippen molar-refractivity contribution in [2.45, 2.75) is 71.8 Å². The van der Waals surface area contributed by atoms with Gasteiger partial charge in [0, 0.05) is 27.2 Å². The van der Waals surface area contributed by atoms with Crippen LogP contribution >= 0.6 is 0 Å². The highest BCUT2D eigenvalue weighted by molar-refractivity contribution is 5.97. The molecule has 3 unspecified atom stereocenters. The summed E-state index contributed by atoms with van der Waals surface area (Å²) in [6.07, 6.45) is 6.40. The van der Waals surface area contributed by atoms with Gasteiger partial charge in [-0.15, -0.1) is 0 Å². The van der Waals surface area contributed by atoms with Crippen molar-refractivity contribution in [1.29, 1.82) is 0 Å². The number of hydrogen-bond donors (Lipinski definition) is 1. The van der Waals surface area contributed by atoms with E-state index in [2.05, 4.69) is 50.7 Å². The van der Waals surface area contributed by atoms with Crippen LogP contribution in [-0.4, -0.2) is 44.6 Å². The van der Waals surface area contributed by atoms with E-state index in [-0.39, 0.29) is 11.9 Å². The second kappa shape index (κ2) is 10.5. The molecule has 3 aliphatic rings. The van der Waals surface area contributed by atoms with E-state index in [1.54, 1.807) is 6.07 Å². The van der Waals surface area contributed by atoms with Crippen molar-refractivity contribution < 1.29 is 19.4 Å². The summed E-state index contributed by atoms with van der Waals surface area (Å²) in [5.74, 6) is 1.98. The summed E-state index contributed by atoms with van der Waals surface area (Å²) in [5.41, 5.74) is 6.02. The van der Waals surface area contributed by atoms with E-state index >= 15 is 0 Å². The molecule has 0 amide bonds. The number of rotatable bonds is 4. The van der Waals surface area contributed by atoms with Gasteiger partial charge in [0.05, 0.1) is 22.5 Å². The third-order valence-electron chi connectivity index (χ3n) is 8.76. The molecule has 5 rings (SSSR count). The summed E-state index contributed by atoms with van der Waals surface area (Å²) >= 11 is 0. The van der Waals surface area contributed by atoms with E-state index in [1.165, 1.54) is 17.5 Å². The molecular weight excluding hydrogens is 464 g/mol. The van der Waals surface area contributed by atoms with Gasteiger partial charge >= 0.3 is 6.16 Å². The minimum atomic E-state index is -0.651. The van der Waals surface area contributed by atoms with Crippen LogP contribution in [0.2, 0.25) is 0 Å². The summed E-state index contributed by atoms with van der Waals surface area (Å²) in [6, 6.07) is 7.76. The van der Waals surface area contributed by atoms with E-state index in [4.69, 9.17) is 9.47 Å². The number of nitrogens with zero attached hydrogens (tertiary/aromatic N) is 2. The van der Waals surface area contributed by atoms with Gasteiger partial charge in [0.2, 0.25) is 0 Å². The van der Waals surface area contributed by atoms with Crippen LogP contribution in [0.15, 0.2) is 24.3 Å². The standard InChI is InChI=1S/C31H42N2O4/c1-19(2)23-13-10-20(3)18-26(23)37-31(35)36-25-15-12-22-9-7-17-33(5)30(22)28(25)27-24(34)14-11-21-8-6-16-32(4)29(21)27/h11-12,14-15,19-20,23,26,34H,6-10,13,16-18H2,1-5H3. The fourth-order valence-electron chi connectivity index (χ4n) is 6.81. The van der Waals surface area contributed by atoms with Crippen LogP contribution < -0.4 is 14.5 Å². The molecular formula is C31H42N2O4. The summed E-state index contributed by atoms with van der Waals surface area (Å²) in [5, 5.41) is 11.3. The Morgan fingerprint density at radius 2 is 1.57 bits per heavy atom. The maximum absolute atomic E-state index is 13.3. The van der Waals surface area contributed by atoms with Crippen molar-refractivity contribution in [3.05, 3.63) is 35.4 Å². The molecule has 200 valence electrons. The van der Waals surface area contributed by atoms with Crippen LogP contribution in [0.25, 0.3) is 11.1 Å². The second-order valence-corrected chi connectivity index (χ2v) is 11.8. The lowest BCUT2D eigenvalue weighted by molar-refractivity contribution is -0.0136. The molecule has 1 saturated carbocycles. The topological polar surface area (TPSA) is 62.2 Å². The van der Waals surface area contributed by atoms with Crippen molar-refractivity contribution in [2.75, 3.05) is 37.0 Å². The normalized spacial score (nSPS) is 23.5. The molecule has 1 aliphatic carbocycles. The van der Waals surface area contributed by atoms with Crippen LogP contribution in [0, 0.1) is 17.8 Å². The average molecular weight is 507 g/mol. The quantitative estimate of drug-likeness (QED) is 0.363. The summed E-state index contributed by atoms with van der Waals surface area (Å²) in [7, 11) is 4.15. The van der Waals surface area contributed by atoms with E-state index in [0.29, 0.717) is 23.5 Å². The van der Waals surface area contributed by atoms with Crippen molar-refractivity contribution in [2.24, 2.45) is 17.8 Å². The zero-order chi connectivity index (χ0) is 26.3. The van der Waals surface area contributed by atoms with E-state index in [9.17, 15) is 9.90 Å². The fourth-order valence-corrected chi connectivity index (χ4v) is 6.81. The van der Waals surface area contributed by atoms with Crippen molar-refractivity contribution in [3.63, 3.8) is 0 Å². The number of carbonyl (C=O) groups excluding carboxylic acids is 1. The minimum Gasteiger partial charge on any atom is -0.507 e. The Morgan fingerprint density at radius 3 is 2.22 bits per heavy atom. The molecule has 6 nitrogen and oxygen atoms in total. The number of hydrogen-bond acceptors (Lipinski definition) is 6. The molecule has 2 aliphatic heterocycles. The van der Waals surface area contributed by atoms with Crippen molar-refractivity contribution in [1.82, 2.24) is 0 Å². The van der Waals surface area contributed by atoms with Gasteiger partial charge in [-0.3, -0.25) is 0 Å². The lowest BCUT2D eigenvalue weighted by atomic mass is 9.75. The maximum Gasteiger partial charge on any atom is 0.514 e. The van der Waals surface area contributed by atoms with Gasteiger partial charge in [-0.1, -0.05) is 39.3 Å². The zero-order valence-electron chi connectivity index (χ0n) is 23.0. The Morgan fingerprint density at radius 1 is 0.946 bits per heavy atom. The van der Waals surface area contributed by atoms with E-state index < -0.39 is 6.16 Å². The first-order valence-electron chi connectivity index (χ1n) is 14.1. The lowest BCUT2D eigenvalue weighted by Gasteiger charge is -2.36. The molecule has 0 radical (unpaired) electrons. The van der Waals surface area contributed by atoms with Gasteiger partial charge in [0.15, 0.2) is 0 Å². The van der Waals surface area contributed by atoms with Crippen LogP contribution in [0.3, 0.4) is 0 Å². The first-order valence-corrected chi connectivity index (χ1v) is 14.1. The Kier molecular flexibility index (Phi) is 7.28. The number of phenols is 1. The Labute approximate surface area is 221 Å². The molecule has 3 atom stereocenters. The first kappa shape index (κ1) is 25.7. The largest absolute Gasteiger partial charge is 0.514 e. The number of phenolic OH excluding ortho intramolecular Hbond substituents is 1. The smallest absolute Gasteiger partial charge is 0.507 e. The SMILES string of the molecule is CC1CCC(C(C)C)C(OC(=O)Oc2ccc3c(c2-c2c(O)ccc4c2N(C)CCC4)N(C)CCC3)C1. The molecule has 6 heteroatoms. The first-order chi connectivity index (χ1) is 17.7. The van der Waals surface area contributed by atoms with Gasteiger partial charge in [-0.2, -0.15) is 0 Å². The van der Waals surface area contributed by atoms with Gasteiger partial charge in [-0.25, -0.2) is 4.79 Å². The lowest BCUT2D eigenvalue weighted by Crippen LogP contribution is -2.36. The molecule has 0 saturated heterocycles. The Bertz CT molecular complexity index is 1160. The van der Waals surface area contributed by atoms with Gasteiger partial charge in [-0.05, 0) is 79.5 Å². The van der Waals surface area contributed by atoms with E-state index in [1.807, 2.05) is 12.1 Å². The summed E-state index contributed by atoms with van der Waals surface area (Å²) in [4.78, 5) is 17.7. The van der Waals surface area contributed by atoms with Crippen LogP contribution in [-0.2, 0) is 17.6 Å². The predicted octanol–water partition coefficient (Wildman–Crippen LogP) is 6.80. The van der Waals surface area contributed by atoms with Gasteiger partial charge in [0.25, 0.3) is 0 Å². The average Bonchev–Trinajstić information content (AvgIpc) is 2.85. The summed E-state index contributed by atoms with van der Waals surface area (Å²) < 4.78 is 12.1. The molecule has 37 heavy (non-hydrogen) atoms. The molecule has 0 aromatic heterocycles. The van der Waals surface area contributed by atoms with Crippen LogP contribution in [0.5, 0.6) is 11.5 Å². The van der Waals surface area contributed by atoms with Gasteiger partial charge < -0.3 is 24.4 Å². The third-order valence-corrected chi connectivity index (χ3v) is 8.76. The molecule has 1 N–H and O–H groups in total. The molecule has 0 bridgehead atoms. The Hall–Kier alpha value is -2.89. The number of aryl methyl sites for hydroxylation is 2. The van der Waals surface area contributed by atoms with Gasteiger partial charge in [0.1, 0.15) is 17.6 Å². The molecule has 2 aromatic carbocycles. The highest BCUT2D eigenvalue weighted by atomic mass is 16.7. The molecule has 0 spiro atoms. The fraction of sp³-hybridized carbons (Fsp3) is 0.581. The van der Waals surface area contributed by atoms with Crippen LogP contribution in [0.1, 0.15) is 64.0 Å². The highest BCUT2D eigenvalue weighted by Gasteiger charge is 2.35. The third kappa shape index (κ3) is 4.99. The van der Waals surface area contributed by atoms with E-state index in [0.717, 1.165) is 74.1 Å². The number of benzene rings is 2. The summed E-state index contributed by atoms with van der Waals surface area (Å²) in [6.45, 7) is 8.47. The number of carbonyl (C=O) groups is 1. The molecule has 2 aromatic rings. The second-order valence-electron chi connectivity index (χ2n) is 11.8. The number of fused-ring (bicyclic) bond motifs is 2. The molecule has 2 heterocycles. The monoisotopic (exact) mass is 506 g/mol. The predicted molar refractivity (Wildman–Crippen MR) is 149 cm³/mol. The maximum atomic E-state index is 13.3. The number of anilines is 2. The minimum absolute atomic E-state index is 0.135. The Balaban J connectivity index is 1.56. The van der Waals surface area contributed by atoms with Crippen molar-refractivity contribution >= 4 is 17.5 Å². The van der Waals surface area contributed by atoms with Crippen LogP contribution in [0.4, 0.5) is 16.2 Å². The number of aromatic hydroxyl groups is 1. The number of ether oxygens (including phenoxy) is 2.